The molecule has 0 bridgehead atoms. The van der Waals surface area contributed by atoms with Gasteiger partial charge < -0.3 is 14.2 Å². The van der Waals surface area contributed by atoms with Crippen molar-refractivity contribution < 1.29 is 28.6 Å². The fraction of sp³-hybridized carbons (Fsp3) is 0.787. The highest BCUT2D eigenvalue weighted by molar-refractivity contribution is 5.71. The number of rotatable bonds is 52. The van der Waals surface area contributed by atoms with Crippen LogP contribution in [-0.2, 0) is 28.6 Å². The van der Waals surface area contributed by atoms with Gasteiger partial charge in [0, 0.05) is 19.3 Å². The van der Waals surface area contributed by atoms with Crippen molar-refractivity contribution >= 4 is 17.9 Å². The molecule has 0 fully saturated rings. The van der Waals surface area contributed by atoms with Crippen molar-refractivity contribution in [3.05, 3.63) is 60.8 Å². The van der Waals surface area contributed by atoms with E-state index < -0.39 is 6.10 Å². The van der Waals surface area contributed by atoms with Crippen LogP contribution in [0.4, 0.5) is 0 Å². The molecule has 0 aromatic carbocycles. The van der Waals surface area contributed by atoms with Gasteiger partial charge in [-0.1, -0.05) is 236 Å². The topological polar surface area (TPSA) is 78.9 Å². The Morgan fingerprint density at radius 2 is 0.597 bits per heavy atom. The molecule has 0 radical (unpaired) electrons. The number of esters is 3. The number of hydrogen-bond donors (Lipinski definition) is 0. The van der Waals surface area contributed by atoms with Crippen molar-refractivity contribution in [2.45, 2.75) is 297 Å². The van der Waals surface area contributed by atoms with Crippen LogP contribution in [0.1, 0.15) is 290 Å². The molecule has 0 rings (SSSR count). The van der Waals surface area contributed by atoms with E-state index in [-0.39, 0.29) is 31.1 Å². The van der Waals surface area contributed by atoms with E-state index in [4.69, 9.17) is 14.2 Å². The molecule has 0 heterocycles. The van der Waals surface area contributed by atoms with Gasteiger partial charge in [0.2, 0.25) is 0 Å². The minimum atomic E-state index is -0.783. The molecule has 0 aromatic heterocycles. The summed E-state index contributed by atoms with van der Waals surface area (Å²) in [7, 11) is 0. The van der Waals surface area contributed by atoms with Gasteiger partial charge >= 0.3 is 17.9 Å². The van der Waals surface area contributed by atoms with Gasteiger partial charge in [0.1, 0.15) is 13.2 Å². The first-order chi connectivity index (χ1) is 33.0. The normalized spacial score (nSPS) is 12.5. The first-order valence-electron chi connectivity index (χ1n) is 28.8. The number of allylic oxidation sites excluding steroid dienone is 10. The average molecular weight is 938 g/mol. The van der Waals surface area contributed by atoms with Gasteiger partial charge in [0.15, 0.2) is 6.10 Å². The van der Waals surface area contributed by atoms with Gasteiger partial charge in [0.25, 0.3) is 0 Å². The number of carbonyl (C=O) groups excluding carboxylic acids is 3. The fourth-order valence-electron chi connectivity index (χ4n) is 8.14. The van der Waals surface area contributed by atoms with Gasteiger partial charge in [-0.15, -0.1) is 0 Å². The van der Waals surface area contributed by atoms with Crippen LogP contribution in [0.3, 0.4) is 0 Å². The minimum Gasteiger partial charge on any atom is -0.462 e. The molecule has 1 atom stereocenters. The lowest BCUT2D eigenvalue weighted by molar-refractivity contribution is -0.167. The van der Waals surface area contributed by atoms with Crippen LogP contribution < -0.4 is 0 Å². The van der Waals surface area contributed by atoms with Crippen LogP contribution in [0.25, 0.3) is 0 Å². The lowest BCUT2D eigenvalue weighted by Gasteiger charge is -2.18. The summed E-state index contributed by atoms with van der Waals surface area (Å²) in [6, 6.07) is 0. The van der Waals surface area contributed by atoms with Gasteiger partial charge in [-0.25, -0.2) is 0 Å². The van der Waals surface area contributed by atoms with Crippen LogP contribution >= 0.6 is 0 Å². The first-order valence-corrected chi connectivity index (χ1v) is 28.8. The Balaban J connectivity index is 4.31. The lowest BCUT2D eigenvalue weighted by Crippen LogP contribution is -2.30. The summed E-state index contributed by atoms with van der Waals surface area (Å²) in [6.07, 6.45) is 69.3. The predicted molar refractivity (Wildman–Crippen MR) is 288 cm³/mol. The highest BCUT2D eigenvalue weighted by Gasteiger charge is 2.19. The molecule has 0 spiro atoms. The van der Waals surface area contributed by atoms with Gasteiger partial charge in [0.05, 0.1) is 0 Å². The smallest absolute Gasteiger partial charge is 0.306 e. The van der Waals surface area contributed by atoms with E-state index in [2.05, 4.69) is 81.5 Å². The van der Waals surface area contributed by atoms with E-state index in [0.29, 0.717) is 19.3 Å². The average Bonchev–Trinajstić information content (AvgIpc) is 3.33. The molecular weight excluding hydrogens is 829 g/mol. The summed E-state index contributed by atoms with van der Waals surface area (Å²) in [5.41, 5.74) is 0. The second kappa shape index (κ2) is 55.7. The van der Waals surface area contributed by atoms with Crippen molar-refractivity contribution in [3.8, 4) is 0 Å². The van der Waals surface area contributed by atoms with Crippen LogP contribution in [-0.4, -0.2) is 37.2 Å². The Kier molecular flexibility index (Phi) is 53.3. The van der Waals surface area contributed by atoms with E-state index in [1.54, 1.807) is 0 Å². The van der Waals surface area contributed by atoms with E-state index >= 15 is 0 Å². The van der Waals surface area contributed by atoms with Crippen LogP contribution in [0.5, 0.6) is 0 Å². The zero-order chi connectivity index (χ0) is 48.6. The third-order valence-corrected chi connectivity index (χ3v) is 12.5. The van der Waals surface area contributed by atoms with Crippen LogP contribution in [0.15, 0.2) is 60.8 Å². The summed E-state index contributed by atoms with van der Waals surface area (Å²) < 4.78 is 16.8. The maximum Gasteiger partial charge on any atom is 0.306 e. The van der Waals surface area contributed by atoms with Crippen molar-refractivity contribution in [3.63, 3.8) is 0 Å². The molecule has 0 saturated carbocycles. The maximum atomic E-state index is 12.8. The molecule has 0 aliphatic heterocycles. The Labute approximate surface area is 415 Å². The highest BCUT2D eigenvalue weighted by atomic mass is 16.6. The van der Waals surface area contributed by atoms with Crippen molar-refractivity contribution in [2.24, 2.45) is 0 Å². The highest BCUT2D eigenvalue weighted by Crippen LogP contribution is 2.15. The quantitative estimate of drug-likeness (QED) is 0.0262. The second-order valence-electron chi connectivity index (χ2n) is 19.2. The first kappa shape index (κ1) is 64.1. The maximum absolute atomic E-state index is 12.8. The van der Waals surface area contributed by atoms with Crippen LogP contribution in [0.2, 0.25) is 0 Å². The molecule has 1 unspecified atom stereocenters. The molecular formula is C61H108O6. The number of ether oxygens (including phenoxy) is 3. The molecule has 388 valence electrons. The zero-order valence-corrected chi connectivity index (χ0v) is 44.4. The van der Waals surface area contributed by atoms with Crippen molar-refractivity contribution in [1.82, 2.24) is 0 Å². The van der Waals surface area contributed by atoms with E-state index in [1.807, 2.05) is 0 Å². The van der Waals surface area contributed by atoms with Crippen molar-refractivity contribution in [1.29, 1.82) is 0 Å². The van der Waals surface area contributed by atoms with Gasteiger partial charge in [-0.2, -0.15) is 0 Å². The molecule has 0 N–H and O–H groups in total. The Morgan fingerprint density at radius 3 is 0.970 bits per heavy atom. The molecule has 6 nitrogen and oxygen atoms in total. The summed E-state index contributed by atoms with van der Waals surface area (Å²) in [4.78, 5) is 38.1. The second-order valence-corrected chi connectivity index (χ2v) is 19.2. The summed E-state index contributed by atoms with van der Waals surface area (Å²) >= 11 is 0. The fourth-order valence-corrected chi connectivity index (χ4v) is 8.14. The molecule has 0 aliphatic rings. The third kappa shape index (κ3) is 53.9. The van der Waals surface area contributed by atoms with E-state index in [9.17, 15) is 14.4 Å². The lowest BCUT2D eigenvalue weighted by atomic mass is 10.1. The van der Waals surface area contributed by atoms with Gasteiger partial charge in [-0.05, 0) is 96.3 Å². The predicted octanol–water partition coefficient (Wildman–Crippen LogP) is 19.2. The molecule has 0 saturated heterocycles. The molecule has 0 aromatic rings. The molecule has 67 heavy (non-hydrogen) atoms. The van der Waals surface area contributed by atoms with Gasteiger partial charge in [-0.3, -0.25) is 14.4 Å². The third-order valence-electron chi connectivity index (χ3n) is 12.5. The molecule has 0 amide bonds. The van der Waals surface area contributed by atoms with E-state index in [1.165, 1.54) is 161 Å². The number of hydrogen-bond acceptors (Lipinski definition) is 6. The summed E-state index contributed by atoms with van der Waals surface area (Å²) in [5, 5.41) is 0. The van der Waals surface area contributed by atoms with Crippen molar-refractivity contribution in [2.75, 3.05) is 13.2 Å². The SMILES string of the molecule is CC/C=C\C/C=C\C/C=C\CCCCCCCCCC(=O)OC(COC(=O)CCCCCCC/C=C\CCCC)COC(=O)CCCCCCCCCCC/C=C\CCCCCCCCCC. The minimum absolute atomic E-state index is 0.0810. The Morgan fingerprint density at radius 1 is 0.313 bits per heavy atom. The molecule has 6 heteroatoms. The Bertz CT molecular complexity index is 1210. The largest absolute Gasteiger partial charge is 0.462 e. The standard InChI is InChI=1S/C61H108O6/c1-4-7-10-13-16-19-22-24-26-28-29-30-31-33-34-36-39-42-45-48-51-54-60(63)66-57-58(56-65-59(62)53-50-47-44-41-38-21-18-15-12-9-6-3)67-61(64)55-52-49-46-43-40-37-35-32-27-25-23-20-17-14-11-8-5-2/h8,11,15,17-18,20,25,27-29,58H,4-7,9-10,12-14,16,19,21-24,26,30-57H2,1-3H3/b11-8-,18-15-,20-17-,27-25-,29-28-. The summed E-state index contributed by atoms with van der Waals surface area (Å²) in [5.74, 6) is -0.894. The van der Waals surface area contributed by atoms with E-state index in [0.717, 1.165) is 89.9 Å². The van der Waals surface area contributed by atoms with Crippen LogP contribution in [0, 0.1) is 0 Å². The summed E-state index contributed by atoms with van der Waals surface area (Å²) in [6.45, 7) is 6.50. The Hall–Kier alpha value is -2.89. The molecule has 0 aliphatic carbocycles. The number of carbonyl (C=O) groups is 3. The number of unbranched alkanes of at least 4 members (excludes halogenated alkanes) is 31. The monoisotopic (exact) mass is 937 g/mol. The zero-order valence-electron chi connectivity index (χ0n) is 44.4.